The van der Waals surface area contributed by atoms with Gasteiger partial charge in [-0.25, -0.2) is 13.2 Å². The van der Waals surface area contributed by atoms with Gasteiger partial charge in [0.25, 0.3) is 0 Å². The first-order valence-electron chi connectivity index (χ1n) is 16.1. The first-order chi connectivity index (χ1) is 19.9. The van der Waals surface area contributed by atoms with E-state index >= 15 is 0 Å². The van der Waals surface area contributed by atoms with E-state index in [-0.39, 0.29) is 40.0 Å². The van der Waals surface area contributed by atoms with Crippen LogP contribution in [0.4, 0.5) is 0 Å². The van der Waals surface area contributed by atoms with Crippen LogP contribution in [0.15, 0.2) is 77.2 Å². The Balaban J connectivity index is 1.20. The largest absolute Gasteiger partial charge is 0.458 e. The van der Waals surface area contributed by atoms with Crippen LogP contribution in [0.5, 0.6) is 0 Å². The van der Waals surface area contributed by atoms with Crippen molar-refractivity contribution in [1.82, 2.24) is 0 Å². The van der Waals surface area contributed by atoms with Crippen LogP contribution in [0, 0.1) is 45.8 Å². The molecule has 0 bridgehead atoms. The van der Waals surface area contributed by atoms with Gasteiger partial charge in [-0.3, -0.25) is 0 Å². The summed E-state index contributed by atoms with van der Waals surface area (Å²) >= 11 is 0. The molecular weight excluding hydrogens is 540 g/mol. The first kappa shape index (κ1) is 29.7. The summed E-state index contributed by atoms with van der Waals surface area (Å²) in [7, 11) is -3.30. The van der Waals surface area contributed by atoms with Crippen LogP contribution in [0.1, 0.15) is 89.9 Å². The fourth-order valence-electron chi connectivity index (χ4n) is 10.5. The molecule has 0 aliphatic heterocycles. The minimum atomic E-state index is -3.30. The molecule has 0 saturated heterocycles. The lowest BCUT2D eigenvalue weighted by molar-refractivity contribution is -0.0818. The zero-order chi connectivity index (χ0) is 29.9. The molecule has 42 heavy (non-hydrogen) atoms. The average molecular weight is 589 g/mol. The number of benzene rings is 2. The maximum atomic E-state index is 13.3. The molecule has 4 nitrogen and oxygen atoms in total. The molecule has 4 aliphatic carbocycles. The molecule has 5 heteroatoms. The topological polar surface area (TPSA) is 60.4 Å². The van der Waals surface area contributed by atoms with E-state index in [9.17, 15) is 13.2 Å². The third-order valence-corrected chi connectivity index (χ3v) is 14.4. The van der Waals surface area contributed by atoms with Gasteiger partial charge in [-0.2, -0.15) is 0 Å². The fraction of sp³-hybridized carbons (Fsp3) is 0.595. The summed E-state index contributed by atoms with van der Waals surface area (Å²) in [6, 6.07) is 18.3. The minimum Gasteiger partial charge on any atom is -0.458 e. The highest BCUT2D eigenvalue weighted by molar-refractivity contribution is 7.91. The average Bonchev–Trinajstić information content (AvgIpc) is 3.33. The van der Waals surface area contributed by atoms with E-state index in [4.69, 9.17) is 4.74 Å². The van der Waals surface area contributed by atoms with E-state index in [2.05, 4.69) is 40.7 Å². The first-order valence-corrected chi connectivity index (χ1v) is 17.8. The van der Waals surface area contributed by atoms with Crippen molar-refractivity contribution in [1.29, 1.82) is 0 Å². The van der Waals surface area contributed by atoms with Crippen LogP contribution >= 0.6 is 0 Å². The molecule has 2 unspecified atom stereocenters. The molecule has 0 heterocycles. The Bertz CT molecular complexity index is 1450. The van der Waals surface area contributed by atoms with Crippen molar-refractivity contribution in [3.63, 3.8) is 0 Å². The van der Waals surface area contributed by atoms with Gasteiger partial charge in [0.05, 0.1) is 16.2 Å². The smallest absolute Gasteiger partial charge is 0.338 e. The zero-order valence-electron chi connectivity index (χ0n) is 26.0. The third-order valence-electron chi connectivity index (χ3n) is 12.5. The summed E-state index contributed by atoms with van der Waals surface area (Å²) < 4.78 is 32.8. The number of ether oxygens (including phenoxy) is 1. The van der Waals surface area contributed by atoms with Gasteiger partial charge in [0, 0.05) is 5.41 Å². The highest BCUT2D eigenvalue weighted by Crippen LogP contribution is 2.69. The lowest BCUT2D eigenvalue weighted by atomic mass is 9.44. The molecule has 0 radical (unpaired) electrons. The van der Waals surface area contributed by atoms with Gasteiger partial charge < -0.3 is 4.74 Å². The number of carbonyl (C=O) groups is 1. The van der Waals surface area contributed by atoms with E-state index in [1.807, 2.05) is 48.5 Å². The Morgan fingerprint density at radius 2 is 1.55 bits per heavy atom. The zero-order valence-corrected chi connectivity index (χ0v) is 26.8. The summed E-state index contributed by atoms with van der Waals surface area (Å²) in [5.74, 6) is 2.49. The van der Waals surface area contributed by atoms with Crippen LogP contribution in [0.25, 0.3) is 0 Å². The second-order valence-electron chi connectivity index (χ2n) is 15.0. The van der Waals surface area contributed by atoms with E-state index in [1.54, 1.807) is 12.1 Å². The normalized spacial score (nSPS) is 36.1. The number of hydrogen-bond donors (Lipinski definition) is 0. The molecular formula is C37H48O4S. The van der Waals surface area contributed by atoms with Gasteiger partial charge in [0.15, 0.2) is 9.84 Å². The van der Waals surface area contributed by atoms with Gasteiger partial charge in [-0.15, -0.1) is 0 Å². The Kier molecular flexibility index (Phi) is 7.52. The Hall–Kier alpha value is -2.40. The van der Waals surface area contributed by atoms with Gasteiger partial charge in [0.1, 0.15) is 6.10 Å². The molecule has 2 aromatic carbocycles. The maximum Gasteiger partial charge on any atom is 0.338 e. The molecule has 3 saturated carbocycles. The van der Waals surface area contributed by atoms with Crippen molar-refractivity contribution < 1.29 is 17.9 Å². The van der Waals surface area contributed by atoms with Crippen molar-refractivity contribution in [2.24, 2.45) is 45.8 Å². The molecule has 8 atom stereocenters. The van der Waals surface area contributed by atoms with Gasteiger partial charge >= 0.3 is 5.97 Å². The van der Waals surface area contributed by atoms with Crippen molar-refractivity contribution in [3.8, 4) is 0 Å². The van der Waals surface area contributed by atoms with Gasteiger partial charge in [-0.05, 0) is 110 Å². The molecule has 4 aliphatic rings. The quantitative estimate of drug-likeness (QED) is 0.251. The summed E-state index contributed by atoms with van der Waals surface area (Å²) in [5.41, 5.74) is 2.21. The van der Waals surface area contributed by atoms with Crippen LogP contribution in [0.3, 0.4) is 0 Å². The maximum absolute atomic E-state index is 13.3. The Morgan fingerprint density at radius 1 is 0.881 bits per heavy atom. The van der Waals surface area contributed by atoms with Crippen molar-refractivity contribution in [3.05, 3.63) is 77.9 Å². The van der Waals surface area contributed by atoms with Gasteiger partial charge in [-0.1, -0.05) is 82.7 Å². The second-order valence-corrected chi connectivity index (χ2v) is 17.0. The summed E-state index contributed by atoms with van der Waals surface area (Å²) in [6.45, 7) is 11.7. The number of sulfone groups is 1. The van der Waals surface area contributed by atoms with Crippen molar-refractivity contribution >= 4 is 15.8 Å². The summed E-state index contributed by atoms with van der Waals surface area (Å²) in [4.78, 5) is 13.5. The molecule has 6 rings (SSSR count). The van der Waals surface area contributed by atoms with E-state index in [0.29, 0.717) is 34.1 Å². The highest BCUT2D eigenvalue weighted by atomic mass is 32.2. The number of esters is 1. The molecule has 3 fully saturated rings. The summed E-state index contributed by atoms with van der Waals surface area (Å²) in [6.07, 6.45) is 10.1. The molecule has 0 aromatic heterocycles. The van der Waals surface area contributed by atoms with Crippen LogP contribution in [-0.2, 0) is 14.6 Å². The third kappa shape index (κ3) is 4.78. The molecule has 0 amide bonds. The standard InChI is InChI=1S/C37H48O4S/c1-25(24-42(39,40)27-14-10-7-11-15-27)29-17-18-30-28-16-19-32-35(2,3)33(41-34(38)26-12-8-6-9-13-26)21-23-37(32,5)31(28)20-22-36(29,30)4/h6-15,19,25,28-31,33H,16-18,20-24H2,1-5H3/t25?,28-,29+,30-,31-,33?,36+,37+/m0/s1. The predicted octanol–water partition coefficient (Wildman–Crippen LogP) is 8.54. The number of fused-ring (bicyclic) bond motifs is 5. The van der Waals surface area contributed by atoms with Crippen LogP contribution in [0.2, 0.25) is 0 Å². The molecule has 0 spiro atoms. The van der Waals surface area contributed by atoms with Crippen LogP contribution < -0.4 is 0 Å². The molecule has 2 aromatic rings. The van der Waals surface area contributed by atoms with E-state index in [0.717, 1.165) is 25.7 Å². The highest BCUT2D eigenvalue weighted by Gasteiger charge is 2.61. The lowest BCUT2D eigenvalue weighted by Gasteiger charge is -2.61. The Labute approximate surface area is 253 Å². The monoisotopic (exact) mass is 588 g/mol. The fourth-order valence-corrected chi connectivity index (χ4v) is 12.2. The van der Waals surface area contributed by atoms with Crippen molar-refractivity contribution in [2.45, 2.75) is 90.6 Å². The number of hydrogen-bond acceptors (Lipinski definition) is 4. The number of allylic oxidation sites excluding steroid dienone is 1. The second kappa shape index (κ2) is 10.6. The van der Waals surface area contributed by atoms with E-state index < -0.39 is 9.84 Å². The van der Waals surface area contributed by atoms with Crippen LogP contribution in [-0.4, -0.2) is 26.2 Å². The molecule has 226 valence electrons. The molecule has 0 N–H and O–H groups in total. The lowest BCUT2D eigenvalue weighted by Crippen LogP contribution is -2.55. The number of rotatable bonds is 6. The minimum absolute atomic E-state index is 0.115. The summed E-state index contributed by atoms with van der Waals surface area (Å²) in [5, 5.41) is 0. The predicted molar refractivity (Wildman–Crippen MR) is 168 cm³/mol. The Morgan fingerprint density at radius 3 is 2.24 bits per heavy atom. The van der Waals surface area contributed by atoms with Crippen molar-refractivity contribution in [2.75, 3.05) is 5.75 Å². The van der Waals surface area contributed by atoms with E-state index in [1.165, 1.54) is 24.8 Å². The SMILES string of the molecule is CC(CS(=O)(=O)c1ccccc1)[C@H]1CC[C@H]2[C@@H]3CC=C4C(C)(C)C(OC(=O)c5ccccc5)CC[C@]4(C)[C@H]3CC[C@]12C. The van der Waals surface area contributed by atoms with Gasteiger partial charge in [0.2, 0.25) is 0 Å². The number of carbonyl (C=O) groups excluding carboxylic acids is 1.